The van der Waals surface area contributed by atoms with Gasteiger partial charge < -0.3 is 0 Å². The van der Waals surface area contributed by atoms with Crippen LogP contribution < -0.4 is 10.3 Å². The van der Waals surface area contributed by atoms with Gasteiger partial charge in [-0.1, -0.05) is 66.7 Å². The van der Waals surface area contributed by atoms with Gasteiger partial charge in [0.15, 0.2) is 0 Å². The van der Waals surface area contributed by atoms with Crippen molar-refractivity contribution < 1.29 is 8.76 Å². The standard InChI is InChI=1S/C24H23N3O3S/c28-24-22-12-5-4-11-21(22)23(26-27(24)16-14-18-7-2-1-3-8-18)20-10-6-9-19(17-20)13-15-25-31(29)30/h1-12,17,25H,13-16H2,(H,29,30). The zero-order valence-electron chi connectivity index (χ0n) is 16.9. The fraction of sp³-hybridized carbons (Fsp3) is 0.167. The van der Waals surface area contributed by atoms with Crippen molar-refractivity contribution in [2.75, 3.05) is 6.54 Å². The van der Waals surface area contributed by atoms with Crippen molar-refractivity contribution in [2.24, 2.45) is 0 Å². The smallest absolute Gasteiger partial charge is 0.274 e. The van der Waals surface area contributed by atoms with Crippen LogP contribution in [0.5, 0.6) is 0 Å². The first-order chi connectivity index (χ1) is 15.1. The summed E-state index contributed by atoms with van der Waals surface area (Å²) in [6.07, 6.45) is 1.32. The van der Waals surface area contributed by atoms with E-state index in [1.807, 2.05) is 78.9 Å². The molecule has 4 rings (SSSR count). The number of rotatable bonds is 8. The number of nitrogens with zero attached hydrogens (tertiary/aromatic N) is 2. The largest absolute Gasteiger partial charge is 0.294 e. The third kappa shape index (κ3) is 5.14. The lowest BCUT2D eigenvalue weighted by molar-refractivity contribution is 0.549. The molecule has 2 N–H and O–H groups in total. The molecule has 1 atom stereocenters. The Labute approximate surface area is 183 Å². The maximum absolute atomic E-state index is 13.0. The molecule has 3 aromatic carbocycles. The van der Waals surface area contributed by atoms with Crippen LogP contribution in [0.25, 0.3) is 22.0 Å². The second-order valence-corrected chi connectivity index (χ2v) is 8.04. The van der Waals surface area contributed by atoms with E-state index in [0.717, 1.165) is 34.2 Å². The van der Waals surface area contributed by atoms with Gasteiger partial charge in [0.2, 0.25) is 11.3 Å². The van der Waals surface area contributed by atoms with Crippen LogP contribution in [0.3, 0.4) is 0 Å². The van der Waals surface area contributed by atoms with Crippen LogP contribution in [0, 0.1) is 0 Å². The molecule has 1 aromatic heterocycles. The van der Waals surface area contributed by atoms with E-state index in [2.05, 4.69) is 4.72 Å². The first-order valence-electron chi connectivity index (χ1n) is 10.1. The molecule has 0 aliphatic carbocycles. The summed E-state index contributed by atoms with van der Waals surface area (Å²) >= 11 is -2.02. The van der Waals surface area contributed by atoms with Crippen LogP contribution >= 0.6 is 0 Å². The Kier molecular flexibility index (Phi) is 6.66. The van der Waals surface area contributed by atoms with Crippen molar-refractivity contribution in [2.45, 2.75) is 19.4 Å². The van der Waals surface area contributed by atoms with Gasteiger partial charge >= 0.3 is 0 Å². The lowest BCUT2D eigenvalue weighted by Crippen LogP contribution is -2.24. The van der Waals surface area contributed by atoms with E-state index in [-0.39, 0.29) is 5.56 Å². The molecule has 0 amide bonds. The molecule has 0 saturated carbocycles. The van der Waals surface area contributed by atoms with E-state index >= 15 is 0 Å². The van der Waals surface area contributed by atoms with Gasteiger partial charge in [0.1, 0.15) is 0 Å². The second-order valence-electron chi connectivity index (χ2n) is 7.25. The summed E-state index contributed by atoms with van der Waals surface area (Å²) in [5.41, 5.74) is 3.74. The van der Waals surface area contributed by atoms with Crippen LogP contribution in [-0.4, -0.2) is 25.1 Å². The van der Waals surface area contributed by atoms with Gasteiger partial charge in [-0.3, -0.25) is 9.35 Å². The van der Waals surface area contributed by atoms with Crippen molar-refractivity contribution in [3.05, 3.63) is 100 Å². The zero-order chi connectivity index (χ0) is 21.6. The fourth-order valence-corrected chi connectivity index (χ4v) is 3.91. The number of aromatic nitrogens is 2. The summed E-state index contributed by atoms with van der Waals surface area (Å²) in [4.78, 5) is 13.0. The van der Waals surface area contributed by atoms with Gasteiger partial charge in [-0.15, -0.1) is 0 Å². The molecule has 0 bridgehead atoms. The summed E-state index contributed by atoms with van der Waals surface area (Å²) in [5, 5.41) is 6.19. The number of hydrogen-bond acceptors (Lipinski definition) is 3. The molecule has 0 aliphatic heterocycles. The van der Waals surface area contributed by atoms with E-state index in [0.29, 0.717) is 24.9 Å². The average molecular weight is 434 g/mol. The molecule has 7 heteroatoms. The van der Waals surface area contributed by atoms with Gasteiger partial charge in [0.05, 0.1) is 11.1 Å². The van der Waals surface area contributed by atoms with E-state index in [1.54, 1.807) is 4.68 Å². The Morgan fingerprint density at radius 3 is 2.35 bits per heavy atom. The summed E-state index contributed by atoms with van der Waals surface area (Å²) in [7, 11) is 0. The molecule has 1 unspecified atom stereocenters. The minimum Gasteiger partial charge on any atom is -0.294 e. The summed E-state index contributed by atoms with van der Waals surface area (Å²) in [5.74, 6) is 0. The normalized spacial score (nSPS) is 12.2. The summed E-state index contributed by atoms with van der Waals surface area (Å²) < 4.78 is 23.8. The predicted octanol–water partition coefficient (Wildman–Crippen LogP) is 3.58. The van der Waals surface area contributed by atoms with Crippen molar-refractivity contribution in [3.63, 3.8) is 0 Å². The number of benzene rings is 3. The maximum atomic E-state index is 13.0. The number of fused-ring (bicyclic) bond motifs is 1. The van der Waals surface area contributed by atoms with Crippen LogP contribution in [0.4, 0.5) is 0 Å². The highest BCUT2D eigenvalue weighted by atomic mass is 32.2. The number of aryl methyl sites for hydroxylation is 2. The van der Waals surface area contributed by atoms with Gasteiger partial charge in [0, 0.05) is 24.0 Å². The molecule has 0 saturated heterocycles. The molecule has 0 radical (unpaired) electrons. The topological polar surface area (TPSA) is 84.2 Å². The van der Waals surface area contributed by atoms with Crippen molar-refractivity contribution in [3.8, 4) is 11.3 Å². The number of hydrogen-bond donors (Lipinski definition) is 2. The first kappa shape index (κ1) is 21.1. The Bertz CT molecular complexity index is 1270. The predicted molar refractivity (Wildman–Crippen MR) is 124 cm³/mol. The monoisotopic (exact) mass is 433 g/mol. The SMILES string of the molecule is O=c1c2ccccc2c(-c2cccc(CCNS(=O)O)c2)nn1CCc1ccccc1. The second kappa shape index (κ2) is 9.78. The van der Waals surface area contributed by atoms with Crippen molar-refractivity contribution in [1.82, 2.24) is 14.5 Å². The fourth-order valence-electron chi connectivity index (χ4n) is 3.64. The molecule has 4 aromatic rings. The van der Waals surface area contributed by atoms with Gasteiger partial charge in [-0.2, -0.15) is 5.10 Å². The molecule has 158 valence electrons. The minimum absolute atomic E-state index is 0.0962. The average Bonchev–Trinajstić information content (AvgIpc) is 2.79. The maximum Gasteiger partial charge on any atom is 0.274 e. The minimum atomic E-state index is -2.02. The molecular weight excluding hydrogens is 410 g/mol. The highest BCUT2D eigenvalue weighted by Crippen LogP contribution is 2.25. The molecule has 31 heavy (non-hydrogen) atoms. The molecule has 0 aliphatic rings. The molecule has 1 heterocycles. The zero-order valence-corrected chi connectivity index (χ0v) is 17.7. The van der Waals surface area contributed by atoms with Gasteiger partial charge in [0.25, 0.3) is 5.56 Å². The molecular formula is C24H23N3O3S. The van der Waals surface area contributed by atoms with E-state index in [9.17, 15) is 9.00 Å². The van der Waals surface area contributed by atoms with Crippen molar-refractivity contribution in [1.29, 1.82) is 0 Å². The van der Waals surface area contributed by atoms with Gasteiger partial charge in [-0.05, 0) is 36.1 Å². The van der Waals surface area contributed by atoms with Crippen LogP contribution in [0.1, 0.15) is 11.1 Å². The van der Waals surface area contributed by atoms with Crippen LogP contribution in [0.15, 0.2) is 83.7 Å². The lowest BCUT2D eigenvalue weighted by atomic mass is 10.0. The Morgan fingerprint density at radius 2 is 1.58 bits per heavy atom. The quantitative estimate of drug-likeness (QED) is 0.416. The van der Waals surface area contributed by atoms with Crippen LogP contribution in [0.2, 0.25) is 0 Å². The molecule has 6 nitrogen and oxygen atoms in total. The third-order valence-electron chi connectivity index (χ3n) is 5.16. The summed E-state index contributed by atoms with van der Waals surface area (Å²) in [6, 6.07) is 25.5. The van der Waals surface area contributed by atoms with E-state index in [4.69, 9.17) is 9.65 Å². The Balaban J connectivity index is 1.71. The lowest BCUT2D eigenvalue weighted by Gasteiger charge is -2.12. The van der Waals surface area contributed by atoms with E-state index in [1.165, 1.54) is 0 Å². The molecule has 0 spiro atoms. The van der Waals surface area contributed by atoms with Gasteiger partial charge in [-0.25, -0.2) is 13.6 Å². The van der Waals surface area contributed by atoms with Crippen molar-refractivity contribution >= 4 is 22.0 Å². The number of nitrogens with one attached hydrogen (secondary N) is 1. The Morgan fingerprint density at radius 1 is 0.871 bits per heavy atom. The third-order valence-corrected chi connectivity index (χ3v) is 5.61. The first-order valence-corrected chi connectivity index (χ1v) is 11.2. The Hall–Kier alpha value is -3.13. The molecule has 0 fully saturated rings. The van der Waals surface area contributed by atoms with Crippen LogP contribution in [-0.2, 0) is 30.7 Å². The highest BCUT2D eigenvalue weighted by molar-refractivity contribution is 7.77. The van der Waals surface area contributed by atoms with E-state index < -0.39 is 11.3 Å². The summed E-state index contributed by atoms with van der Waals surface area (Å²) in [6.45, 7) is 0.879. The highest BCUT2D eigenvalue weighted by Gasteiger charge is 2.12.